The van der Waals surface area contributed by atoms with E-state index in [0.29, 0.717) is 29.5 Å². The summed E-state index contributed by atoms with van der Waals surface area (Å²) in [5.74, 6) is 0.0526. The molecule has 0 radical (unpaired) electrons. The minimum absolute atomic E-state index is 0.240. The number of aryl methyl sites for hydroxylation is 2. The molecule has 0 spiro atoms. The van der Waals surface area contributed by atoms with Gasteiger partial charge in [-0.25, -0.2) is 0 Å². The first-order chi connectivity index (χ1) is 11.9. The van der Waals surface area contributed by atoms with Gasteiger partial charge in [-0.2, -0.15) is 0 Å². The molecule has 0 unspecified atom stereocenters. The van der Waals surface area contributed by atoms with Gasteiger partial charge in [0, 0.05) is 29.2 Å². The number of carbonyl (C=O) groups is 2. The molecule has 0 saturated carbocycles. The molecule has 2 rings (SSSR count). The van der Waals surface area contributed by atoms with Crippen molar-refractivity contribution in [2.45, 2.75) is 19.8 Å². The standard InChI is InChI=1S/C17H19BrClN3O3/c1-11-8-13(5-6-14(11)19)25-7-3-4-16(23)20-21-17(24)15-9-12(18)10-22(15)2/h5-6,8-10H,3-4,7H2,1-2H3,(H,20,23)(H,21,24). The summed E-state index contributed by atoms with van der Waals surface area (Å²) < 4.78 is 8.02. The fourth-order valence-corrected chi connectivity index (χ4v) is 2.77. The highest BCUT2D eigenvalue weighted by Gasteiger charge is 2.11. The van der Waals surface area contributed by atoms with Crippen LogP contribution in [-0.4, -0.2) is 23.0 Å². The van der Waals surface area contributed by atoms with Crippen molar-refractivity contribution in [3.05, 3.63) is 51.2 Å². The summed E-state index contributed by atoms with van der Waals surface area (Å²) in [6.07, 6.45) is 2.52. The molecule has 0 aliphatic carbocycles. The molecule has 1 heterocycles. The van der Waals surface area contributed by atoms with Crippen LogP contribution < -0.4 is 15.6 Å². The van der Waals surface area contributed by atoms with E-state index in [2.05, 4.69) is 26.8 Å². The summed E-state index contributed by atoms with van der Waals surface area (Å²) >= 11 is 9.24. The Balaban J connectivity index is 1.68. The molecule has 2 amide bonds. The zero-order valence-corrected chi connectivity index (χ0v) is 16.3. The third-order valence-corrected chi connectivity index (χ3v) is 4.32. The zero-order valence-electron chi connectivity index (χ0n) is 13.9. The Morgan fingerprint density at radius 1 is 1.28 bits per heavy atom. The van der Waals surface area contributed by atoms with Crippen LogP contribution in [0, 0.1) is 6.92 Å². The summed E-state index contributed by atoms with van der Waals surface area (Å²) in [7, 11) is 1.75. The summed E-state index contributed by atoms with van der Waals surface area (Å²) in [6, 6.07) is 7.08. The van der Waals surface area contributed by atoms with E-state index in [1.807, 2.05) is 13.0 Å². The van der Waals surface area contributed by atoms with Gasteiger partial charge in [0.1, 0.15) is 11.4 Å². The largest absolute Gasteiger partial charge is 0.494 e. The summed E-state index contributed by atoms with van der Waals surface area (Å²) in [5, 5.41) is 0.688. The van der Waals surface area contributed by atoms with Crippen molar-refractivity contribution in [3.8, 4) is 5.75 Å². The Bertz CT molecular complexity index is 776. The van der Waals surface area contributed by atoms with Gasteiger partial charge in [-0.3, -0.25) is 20.4 Å². The molecule has 0 bridgehead atoms. The number of benzene rings is 1. The average molecular weight is 429 g/mol. The molecule has 0 saturated heterocycles. The minimum Gasteiger partial charge on any atom is -0.494 e. The molecule has 0 atom stereocenters. The maximum Gasteiger partial charge on any atom is 0.286 e. The second-order valence-corrected chi connectivity index (χ2v) is 6.84. The highest BCUT2D eigenvalue weighted by atomic mass is 79.9. The van der Waals surface area contributed by atoms with E-state index in [4.69, 9.17) is 16.3 Å². The Morgan fingerprint density at radius 2 is 2.04 bits per heavy atom. The Kier molecular flexibility index (Phi) is 6.90. The van der Waals surface area contributed by atoms with Crippen LogP contribution in [-0.2, 0) is 11.8 Å². The van der Waals surface area contributed by atoms with E-state index < -0.39 is 0 Å². The molecule has 8 heteroatoms. The van der Waals surface area contributed by atoms with E-state index in [1.54, 1.807) is 36.0 Å². The monoisotopic (exact) mass is 427 g/mol. The first-order valence-electron chi connectivity index (χ1n) is 7.67. The lowest BCUT2D eigenvalue weighted by Gasteiger charge is -2.09. The van der Waals surface area contributed by atoms with Gasteiger partial charge in [0.25, 0.3) is 5.91 Å². The number of carbonyl (C=O) groups excluding carboxylic acids is 2. The number of rotatable bonds is 6. The molecule has 2 aromatic rings. The van der Waals surface area contributed by atoms with Gasteiger partial charge in [-0.1, -0.05) is 11.6 Å². The summed E-state index contributed by atoms with van der Waals surface area (Å²) in [6.45, 7) is 2.30. The van der Waals surface area contributed by atoms with Gasteiger partial charge in [0.15, 0.2) is 0 Å². The number of ether oxygens (including phenoxy) is 1. The topological polar surface area (TPSA) is 72.4 Å². The lowest BCUT2D eigenvalue weighted by molar-refractivity contribution is -0.122. The van der Waals surface area contributed by atoms with Crippen molar-refractivity contribution in [2.24, 2.45) is 7.05 Å². The third kappa shape index (κ3) is 5.79. The number of nitrogens with zero attached hydrogens (tertiary/aromatic N) is 1. The molecule has 25 heavy (non-hydrogen) atoms. The van der Waals surface area contributed by atoms with Crippen LogP contribution in [0.1, 0.15) is 28.9 Å². The predicted molar refractivity (Wildman–Crippen MR) is 99.6 cm³/mol. The highest BCUT2D eigenvalue weighted by Crippen LogP contribution is 2.21. The quantitative estimate of drug-likeness (QED) is 0.547. The van der Waals surface area contributed by atoms with Gasteiger partial charge in [-0.05, 0) is 59.1 Å². The molecule has 2 N–H and O–H groups in total. The highest BCUT2D eigenvalue weighted by molar-refractivity contribution is 9.10. The van der Waals surface area contributed by atoms with Crippen LogP contribution in [0.2, 0.25) is 5.02 Å². The van der Waals surface area contributed by atoms with Crippen molar-refractivity contribution < 1.29 is 14.3 Å². The van der Waals surface area contributed by atoms with E-state index in [9.17, 15) is 9.59 Å². The number of nitrogens with one attached hydrogen (secondary N) is 2. The van der Waals surface area contributed by atoms with E-state index in [0.717, 1.165) is 10.0 Å². The average Bonchev–Trinajstić information content (AvgIpc) is 2.91. The number of aromatic nitrogens is 1. The fraction of sp³-hybridized carbons (Fsp3) is 0.294. The third-order valence-electron chi connectivity index (χ3n) is 3.47. The SMILES string of the molecule is Cc1cc(OCCCC(=O)NNC(=O)c2cc(Br)cn2C)ccc1Cl. The molecule has 0 aliphatic heterocycles. The normalized spacial score (nSPS) is 10.4. The van der Waals surface area contributed by atoms with Gasteiger partial charge in [0.05, 0.1) is 6.61 Å². The van der Waals surface area contributed by atoms with E-state index in [1.165, 1.54) is 0 Å². The van der Waals surface area contributed by atoms with Gasteiger partial charge in [-0.15, -0.1) is 0 Å². The Morgan fingerprint density at radius 3 is 2.68 bits per heavy atom. The molecule has 1 aromatic heterocycles. The van der Waals surface area contributed by atoms with Crippen LogP contribution in [0.3, 0.4) is 0 Å². The Labute approximate surface area is 159 Å². The minimum atomic E-state index is -0.380. The molecule has 0 aliphatic rings. The summed E-state index contributed by atoms with van der Waals surface area (Å²) in [4.78, 5) is 23.7. The van der Waals surface area contributed by atoms with Gasteiger partial charge < -0.3 is 9.30 Å². The predicted octanol–water partition coefficient (Wildman–Crippen LogP) is 3.37. The van der Waals surface area contributed by atoms with Crippen LogP contribution in [0.25, 0.3) is 0 Å². The van der Waals surface area contributed by atoms with Crippen molar-refractivity contribution >= 4 is 39.3 Å². The fourth-order valence-electron chi connectivity index (χ4n) is 2.13. The van der Waals surface area contributed by atoms with Crippen LogP contribution in [0.15, 0.2) is 34.9 Å². The van der Waals surface area contributed by atoms with Crippen LogP contribution >= 0.6 is 27.5 Å². The maximum absolute atomic E-state index is 12.0. The molecule has 6 nitrogen and oxygen atoms in total. The van der Waals surface area contributed by atoms with Crippen LogP contribution in [0.5, 0.6) is 5.75 Å². The Hall–Kier alpha value is -1.99. The lowest BCUT2D eigenvalue weighted by Crippen LogP contribution is -2.42. The number of hydrazine groups is 1. The van der Waals surface area contributed by atoms with Crippen molar-refractivity contribution in [3.63, 3.8) is 0 Å². The molecule has 1 aromatic carbocycles. The first kappa shape index (κ1) is 19.3. The molecule has 134 valence electrons. The number of amides is 2. The molecular weight excluding hydrogens is 410 g/mol. The van der Waals surface area contributed by atoms with Gasteiger partial charge in [0.2, 0.25) is 5.91 Å². The second-order valence-electron chi connectivity index (χ2n) is 5.52. The van der Waals surface area contributed by atoms with E-state index >= 15 is 0 Å². The van der Waals surface area contributed by atoms with Crippen molar-refractivity contribution in [1.29, 1.82) is 0 Å². The van der Waals surface area contributed by atoms with Gasteiger partial charge >= 0.3 is 0 Å². The number of hydrogen-bond acceptors (Lipinski definition) is 3. The molecular formula is C17H19BrClN3O3. The smallest absolute Gasteiger partial charge is 0.286 e. The summed E-state index contributed by atoms with van der Waals surface area (Å²) in [5.41, 5.74) is 6.16. The number of hydrogen-bond donors (Lipinski definition) is 2. The molecule has 0 fully saturated rings. The number of halogens is 2. The van der Waals surface area contributed by atoms with E-state index in [-0.39, 0.29) is 18.2 Å². The van der Waals surface area contributed by atoms with Crippen molar-refractivity contribution in [1.82, 2.24) is 15.4 Å². The maximum atomic E-state index is 12.0. The van der Waals surface area contributed by atoms with Crippen LogP contribution in [0.4, 0.5) is 0 Å². The first-order valence-corrected chi connectivity index (χ1v) is 8.84. The zero-order chi connectivity index (χ0) is 18.4. The van der Waals surface area contributed by atoms with Crippen molar-refractivity contribution in [2.75, 3.05) is 6.61 Å². The lowest BCUT2D eigenvalue weighted by atomic mass is 10.2. The second kappa shape index (κ2) is 8.92.